The van der Waals surface area contributed by atoms with E-state index in [0.29, 0.717) is 4.90 Å². The van der Waals surface area contributed by atoms with Crippen LogP contribution >= 0.6 is 11.8 Å². The van der Waals surface area contributed by atoms with Crippen molar-refractivity contribution in [2.24, 2.45) is 0 Å². The summed E-state index contributed by atoms with van der Waals surface area (Å²) in [5, 5.41) is 2.58. The van der Waals surface area contributed by atoms with Gasteiger partial charge in [0, 0.05) is 53.4 Å². The number of hydrogen-bond acceptors (Lipinski definition) is 19. The minimum Gasteiger partial charge on any atom is -0.463 e. The summed E-state index contributed by atoms with van der Waals surface area (Å²) in [5.74, 6) is -9.47. The average Bonchev–Trinajstić information content (AvgIpc) is 3.07. The molecular formula is C35H43NO18S. The first-order valence-electron chi connectivity index (χ1n) is 17.1. The first-order chi connectivity index (χ1) is 25.9. The second-order valence-corrected chi connectivity index (χ2v) is 13.9. The van der Waals surface area contributed by atoms with Crippen LogP contribution in [-0.2, 0) is 85.7 Å². The Morgan fingerprint density at radius 2 is 1.44 bits per heavy atom. The topological polar surface area (TPSA) is 241 Å². The summed E-state index contributed by atoms with van der Waals surface area (Å²) in [6.07, 6.45) is -12.7. The van der Waals surface area contributed by atoms with Crippen molar-refractivity contribution in [2.75, 3.05) is 13.2 Å². The molecule has 0 bridgehead atoms. The zero-order chi connectivity index (χ0) is 40.6. The van der Waals surface area contributed by atoms with Crippen molar-refractivity contribution in [3.8, 4) is 0 Å². The van der Waals surface area contributed by atoms with E-state index in [0.717, 1.165) is 60.2 Å². The number of carbonyl (C=O) groups is 8. The maximum absolute atomic E-state index is 14.4. The van der Waals surface area contributed by atoms with Crippen LogP contribution in [0.15, 0.2) is 35.2 Å². The second kappa shape index (κ2) is 18.7. The number of carbonyl (C=O) groups excluding carboxylic acids is 8. The first kappa shape index (κ1) is 42.9. The van der Waals surface area contributed by atoms with E-state index in [9.17, 15) is 38.4 Å². The van der Waals surface area contributed by atoms with Crippen molar-refractivity contribution in [3.05, 3.63) is 30.3 Å². The lowest BCUT2D eigenvalue weighted by Crippen LogP contribution is -2.74. The van der Waals surface area contributed by atoms with Crippen LogP contribution in [0.1, 0.15) is 54.9 Å². The lowest BCUT2D eigenvalue weighted by molar-refractivity contribution is -0.375. The van der Waals surface area contributed by atoms with Gasteiger partial charge in [0.1, 0.15) is 43.1 Å². The van der Waals surface area contributed by atoms with E-state index in [4.69, 9.17) is 47.4 Å². The lowest BCUT2D eigenvalue weighted by Gasteiger charge is -2.55. The number of amides is 1. The van der Waals surface area contributed by atoms with Crippen molar-refractivity contribution >= 4 is 59.5 Å². The Morgan fingerprint density at radius 1 is 0.800 bits per heavy atom. The third-order valence-electron chi connectivity index (χ3n) is 8.22. The fourth-order valence-corrected chi connectivity index (χ4v) is 7.46. The summed E-state index contributed by atoms with van der Waals surface area (Å²) in [4.78, 5) is 101. The Kier molecular flexibility index (Phi) is 14.6. The molecule has 1 spiro atoms. The summed E-state index contributed by atoms with van der Waals surface area (Å²) in [5.41, 5.74) is -1.05. The quantitative estimate of drug-likeness (QED) is 0.213. The van der Waals surface area contributed by atoms with E-state index >= 15 is 0 Å². The molecule has 4 rings (SSSR count). The van der Waals surface area contributed by atoms with E-state index in [1.165, 1.54) is 0 Å². The molecular weight excluding hydrogens is 754 g/mol. The minimum atomic E-state index is -2.58. The van der Waals surface area contributed by atoms with Gasteiger partial charge in [-0.05, 0) is 12.1 Å². The smallest absolute Gasteiger partial charge is 0.367 e. The predicted molar refractivity (Wildman–Crippen MR) is 181 cm³/mol. The molecule has 0 saturated carbocycles. The molecule has 3 heterocycles. The molecule has 1 N–H and O–H groups in total. The van der Waals surface area contributed by atoms with Gasteiger partial charge in [0.2, 0.25) is 5.91 Å². The van der Waals surface area contributed by atoms with E-state index in [2.05, 4.69) is 5.32 Å². The summed E-state index contributed by atoms with van der Waals surface area (Å²) >= 11 is 1.13. The molecule has 0 aliphatic carbocycles. The van der Waals surface area contributed by atoms with Gasteiger partial charge in [-0.15, -0.1) is 0 Å². The lowest BCUT2D eigenvalue weighted by atomic mass is 9.87. The van der Waals surface area contributed by atoms with Crippen LogP contribution in [-0.4, -0.2) is 127 Å². The molecule has 55 heavy (non-hydrogen) atoms. The van der Waals surface area contributed by atoms with Crippen molar-refractivity contribution in [1.29, 1.82) is 0 Å². The Morgan fingerprint density at radius 3 is 2.00 bits per heavy atom. The van der Waals surface area contributed by atoms with Gasteiger partial charge < -0.3 is 52.7 Å². The summed E-state index contributed by atoms with van der Waals surface area (Å²) < 4.78 is 57.7. The van der Waals surface area contributed by atoms with Crippen molar-refractivity contribution in [1.82, 2.24) is 5.32 Å². The number of thioether (sulfide) groups is 1. The van der Waals surface area contributed by atoms with Gasteiger partial charge in [0.25, 0.3) is 5.79 Å². The Balaban J connectivity index is 1.87. The summed E-state index contributed by atoms with van der Waals surface area (Å²) in [7, 11) is 0. The van der Waals surface area contributed by atoms with Crippen LogP contribution in [0.5, 0.6) is 0 Å². The van der Waals surface area contributed by atoms with Crippen LogP contribution in [0.2, 0.25) is 0 Å². The molecule has 3 aliphatic heterocycles. The first-order valence-corrected chi connectivity index (χ1v) is 17.9. The summed E-state index contributed by atoms with van der Waals surface area (Å²) in [6.45, 7) is 6.45. The zero-order valence-electron chi connectivity index (χ0n) is 31.0. The normalized spacial score (nSPS) is 29.5. The average molecular weight is 798 g/mol. The van der Waals surface area contributed by atoms with Gasteiger partial charge in [-0.3, -0.25) is 33.6 Å². The van der Waals surface area contributed by atoms with E-state index in [1.807, 2.05) is 0 Å². The Labute approximate surface area is 319 Å². The van der Waals surface area contributed by atoms with Gasteiger partial charge >= 0.3 is 41.8 Å². The van der Waals surface area contributed by atoms with Gasteiger partial charge in [0.05, 0.1) is 12.5 Å². The number of benzene rings is 1. The maximum atomic E-state index is 14.4. The van der Waals surface area contributed by atoms with Gasteiger partial charge in [-0.1, -0.05) is 30.0 Å². The molecule has 3 aliphatic rings. The number of fused-ring (bicyclic) bond motifs is 1. The van der Waals surface area contributed by atoms with Crippen LogP contribution < -0.4 is 5.32 Å². The molecule has 6 unspecified atom stereocenters. The van der Waals surface area contributed by atoms with E-state index in [1.54, 1.807) is 30.3 Å². The van der Waals surface area contributed by atoms with Gasteiger partial charge in [-0.2, -0.15) is 0 Å². The predicted octanol–water partition coefficient (Wildman–Crippen LogP) is 0.657. The zero-order valence-corrected chi connectivity index (χ0v) is 31.9. The van der Waals surface area contributed by atoms with Crippen molar-refractivity contribution in [3.63, 3.8) is 0 Å². The number of rotatable bonds is 13. The number of esters is 7. The standard InChI is InChI=1S/C35H43NO18S/c1-16(37)36-27-24(47-19(4)40)13-35(53-30(27)28(49-21(6)42)25(48-20(5)41)14-45-17(2)38)34(44)52-32-31(54-35)29(50-22(7)43)26(15-46-18(3)39)51-33(32)55-23-11-9-8-10-12-23/h8-12,24-33H,13-15H2,1-7H3,(H,36,37)/t24-,25?,26-,27-,28?,29+,30?,31?,32?,33+,35?/m1/s1. The molecule has 11 atom stereocenters. The number of nitrogens with one attached hydrogen (secondary N) is 1. The molecule has 1 aromatic rings. The minimum absolute atomic E-state index is 0.425. The monoisotopic (exact) mass is 797 g/mol. The molecule has 0 radical (unpaired) electrons. The van der Waals surface area contributed by atoms with Crippen LogP contribution in [0.25, 0.3) is 0 Å². The largest absolute Gasteiger partial charge is 0.463 e. The molecule has 0 aromatic heterocycles. The highest BCUT2D eigenvalue weighted by molar-refractivity contribution is 7.99. The Hall–Kier alpha value is -4.79. The number of ether oxygens (including phenoxy) is 10. The van der Waals surface area contributed by atoms with Gasteiger partial charge in [0.15, 0.2) is 24.4 Å². The third-order valence-corrected chi connectivity index (χ3v) is 9.37. The molecule has 19 nitrogen and oxygen atoms in total. The molecule has 3 saturated heterocycles. The molecule has 20 heteroatoms. The fourth-order valence-electron chi connectivity index (χ4n) is 6.33. The SMILES string of the molecule is CC(=O)N[C@H]1C(C(OC(C)=O)C(COC(C)=O)OC(C)=O)OC2(C[C@H]1OC(C)=O)OC1C(OC2=O)[C@H](Sc2ccccc2)O[C@H](COC(C)=O)[C@@H]1OC(C)=O. The highest BCUT2D eigenvalue weighted by atomic mass is 32.2. The Bertz CT molecular complexity index is 1620. The third kappa shape index (κ3) is 11.4. The molecule has 1 amide bonds. The number of hydrogen-bond donors (Lipinski definition) is 1. The van der Waals surface area contributed by atoms with E-state index in [-0.39, 0.29) is 0 Å². The molecule has 302 valence electrons. The van der Waals surface area contributed by atoms with Crippen LogP contribution in [0, 0.1) is 0 Å². The van der Waals surface area contributed by atoms with Crippen LogP contribution in [0.4, 0.5) is 0 Å². The van der Waals surface area contributed by atoms with E-state index < -0.39 is 133 Å². The molecule has 1 aromatic carbocycles. The maximum Gasteiger partial charge on any atom is 0.367 e. The van der Waals surface area contributed by atoms with Crippen molar-refractivity contribution in [2.45, 2.75) is 126 Å². The fraction of sp³-hybridized carbons (Fsp3) is 0.600. The highest BCUT2D eigenvalue weighted by Crippen LogP contribution is 2.46. The van der Waals surface area contributed by atoms with Crippen molar-refractivity contribution < 1.29 is 85.7 Å². The molecule has 3 fully saturated rings. The highest BCUT2D eigenvalue weighted by Gasteiger charge is 2.66. The van der Waals surface area contributed by atoms with Gasteiger partial charge in [-0.25, -0.2) is 4.79 Å². The summed E-state index contributed by atoms with van der Waals surface area (Å²) in [6, 6.07) is 7.41. The van der Waals surface area contributed by atoms with Crippen LogP contribution in [0.3, 0.4) is 0 Å². The second-order valence-electron chi connectivity index (χ2n) is 12.7.